The number of benzene rings is 1. The Kier molecular flexibility index (Phi) is 7.45. The van der Waals surface area contributed by atoms with Gasteiger partial charge in [-0.3, -0.25) is 4.90 Å². The van der Waals surface area contributed by atoms with Crippen LogP contribution < -0.4 is 20.3 Å². The van der Waals surface area contributed by atoms with E-state index in [0.717, 1.165) is 37.7 Å². The number of urea groups is 1. The molecular formula is C26H35N5O2S. The minimum absolute atomic E-state index is 0.274. The number of carbonyl (C=O) groups excluding carboxylic acids is 1. The second-order valence-electron chi connectivity index (χ2n) is 9.61. The Morgan fingerprint density at radius 3 is 2.50 bits per heavy atom. The lowest BCUT2D eigenvalue weighted by Crippen LogP contribution is -2.41. The van der Waals surface area contributed by atoms with Crippen LogP contribution in [-0.2, 0) is 0 Å². The highest BCUT2D eigenvalue weighted by molar-refractivity contribution is 7.99. The molecule has 2 saturated heterocycles. The highest BCUT2D eigenvalue weighted by Crippen LogP contribution is 2.29. The van der Waals surface area contributed by atoms with Gasteiger partial charge in [-0.2, -0.15) is 11.8 Å². The van der Waals surface area contributed by atoms with Crippen LogP contribution in [0.25, 0.3) is 0 Å². The summed E-state index contributed by atoms with van der Waals surface area (Å²) in [4.78, 5) is 21.8. The van der Waals surface area contributed by atoms with Crippen molar-refractivity contribution in [3.63, 3.8) is 0 Å². The fourth-order valence-corrected chi connectivity index (χ4v) is 6.48. The molecule has 1 aromatic carbocycles. The van der Waals surface area contributed by atoms with E-state index < -0.39 is 0 Å². The van der Waals surface area contributed by atoms with Crippen LogP contribution in [0.4, 0.5) is 21.9 Å². The predicted octanol–water partition coefficient (Wildman–Crippen LogP) is 5.06. The summed E-state index contributed by atoms with van der Waals surface area (Å²) in [5, 5.41) is 5.75. The minimum Gasteiger partial charge on any atom is -0.474 e. The van der Waals surface area contributed by atoms with Crippen molar-refractivity contribution in [2.45, 2.75) is 56.7 Å². The summed E-state index contributed by atoms with van der Waals surface area (Å²) in [6.45, 7) is 2.15. The molecule has 0 radical (unpaired) electrons. The van der Waals surface area contributed by atoms with Crippen LogP contribution in [-0.4, -0.2) is 65.7 Å². The molecule has 34 heavy (non-hydrogen) atoms. The van der Waals surface area contributed by atoms with Gasteiger partial charge in [0.1, 0.15) is 6.10 Å². The molecule has 0 spiro atoms. The molecule has 7 nitrogen and oxygen atoms in total. The molecule has 2 unspecified atom stereocenters. The molecule has 3 heterocycles. The summed E-state index contributed by atoms with van der Waals surface area (Å²) >= 11 is 2.08. The van der Waals surface area contributed by atoms with Gasteiger partial charge in [0.05, 0.1) is 11.9 Å². The Labute approximate surface area is 206 Å². The van der Waals surface area contributed by atoms with E-state index in [0.29, 0.717) is 17.6 Å². The minimum atomic E-state index is -0.281. The molecule has 2 amide bonds. The molecular weight excluding hydrogens is 446 g/mol. The summed E-state index contributed by atoms with van der Waals surface area (Å²) in [5.41, 5.74) is 2.62. The number of pyridine rings is 1. The van der Waals surface area contributed by atoms with Crippen molar-refractivity contribution in [2.75, 3.05) is 47.2 Å². The van der Waals surface area contributed by atoms with Crippen molar-refractivity contribution in [3.05, 3.63) is 42.6 Å². The van der Waals surface area contributed by atoms with Gasteiger partial charge < -0.3 is 20.3 Å². The Morgan fingerprint density at radius 1 is 1.03 bits per heavy atom. The SMILES string of the molecule is CN(C1CCSC1)C1CCN(c2ccc(NC(=O)Nc3ccc(OC4CCCC4)nc3)cc2)C1. The number of carbonyl (C=O) groups is 1. The van der Waals surface area contributed by atoms with Crippen molar-refractivity contribution in [1.29, 1.82) is 0 Å². The molecule has 8 heteroatoms. The first-order chi connectivity index (χ1) is 16.6. The molecule has 0 bridgehead atoms. The normalized spacial score (nSPS) is 22.9. The van der Waals surface area contributed by atoms with Gasteiger partial charge in [-0.05, 0) is 81.7 Å². The largest absolute Gasteiger partial charge is 0.474 e. The number of thioether (sulfide) groups is 1. The van der Waals surface area contributed by atoms with Crippen molar-refractivity contribution >= 4 is 34.9 Å². The van der Waals surface area contributed by atoms with E-state index in [1.165, 1.54) is 42.9 Å². The highest BCUT2D eigenvalue weighted by Gasteiger charge is 2.31. The Bertz CT molecular complexity index is 943. The second kappa shape index (κ2) is 10.9. The van der Waals surface area contributed by atoms with Crippen molar-refractivity contribution < 1.29 is 9.53 Å². The Morgan fingerprint density at radius 2 is 1.79 bits per heavy atom. The Hall–Kier alpha value is -2.45. The van der Waals surface area contributed by atoms with Gasteiger partial charge in [-0.15, -0.1) is 0 Å². The van der Waals surface area contributed by atoms with E-state index in [1.54, 1.807) is 6.20 Å². The number of ether oxygens (including phenoxy) is 1. The van der Waals surface area contributed by atoms with Crippen molar-refractivity contribution in [3.8, 4) is 5.88 Å². The quantitative estimate of drug-likeness (QED) is 0.576. The molecule has 3 fully saturated rings. The summed E-state index contributed by atoms with van der Waals surface area (Å²) in [6, 6.07) is 12.8. The maximum absolute atomic E-state index is 12.4. The number of hydrogen-bond donors (Lipinski definition) is 2. The zero-order valence-electron chi connectivity index (χ0n) is 19.9. The molecule has 1 aromatic heterocycles. The molecule has 5 rings (SSSR count). The standard InChI is InChI=1S/C26H35N5O2S/c1-30(23-13-15-34-18-23)22-12-14-31(17-22)21-9-6-19(7-10-21)28-26(32)29-20-8-11-25(27-16-20)33-24-4-2-3-5-24/h6-11,16,22-24H,2-5,12-15,17-18H2,1H3,(H2,28,29,32). The third-order valence-electron chi connectivity index (χ3n) is 7.30. The summed E-state index contributed by atoms with van der Waals surface area (Å²) in [7, 11) is 2.29. The maximum atomic E-state index is 12.4. The molecule has 2 aromatic rings. The third kappa shape index (κ3) is 5.78. The summed E-state index contributed by atoms with van der Waals surface area (Å²) in [6.07, 6.45) is 9.07. The maximum Gasteiger partial charge on any atom is 0.323 e. The molecule has 2 aliphatic heterocycles. The lowest BCUT2D eigenvalue weighted by atomic mass is 10.1. The van der Waals surface area contributed by atoms with Gasteiger partial charge in [-0.1, -0.05) is 0 Å². The van der Waals surface area contributed by atoms with Gasteiger partial charge in [0.2, 0.25) is 5.88 Å². The third-order valence-corrected chi connectivity index (χ3v) is 8.44. The van der Waals surface area contributed by atoms with E-state index in [2.05, 4.69) is 56.4 Å². The number of anilines is 3. The predicted molar refractivity (Wildman–Crippen MR) is 140 cm³/mol. The summed E-state index contributed by atoms with van der Waals surface area (Å²) in [5.74, 6) is 3.18. The number of likely N-dealkylation sites (N-methyl/N-ethyl adjacent to an activating group) is 1. The fourth-order valence-electron chi connectivity index (χ4n) is 5.20. The van der Waals surface area contributed by atoms with Crippen LogP contribution in [0.3, 0.4) is 0 Å². The zero-order valence-corrected chi connectivity index (χ0v) is 20.7. The molecule has 2 atom stereocenters. The average Bonchev–Trinajstić information content (AvgIpc) is 3.63. The zero-order chi connectivity index (χ0) is 23.3. The van der Waals surface area contributed by atoms with Crippen molar-refractivity contribution in [1.82, 2.24) is 9.88 Å². The fraction of sp³-hybridized carbons (Fsp3) is 0.538. The number of amides is 2. The summed E-state index contributed by atoms with van der Waals surface area (Å²) < 4.78 is 5.88. The highest BCUT2D eigenvalue weighted by atomic mass is 32.2. The van der Waals surface area contributed by atoms with E-state index in [-0.39, 0.29) is 12.1 Å². The topological polar surface area (TPSA) is 69.7 Å². The lowest BCUT2D eigenvalue weighted by Gasteiger charge is -2.30. The average molecular weight is 482 g/mol. The monoisotopic (exact) mass is 481 g/mol. The van der Waals surface area contributed by atoms with Crippen LogP contribution in [0.1, 0.15) is 38.5 Å². The smallest absolute Gasteiger partial charge is 0.323 e. The van der Waals surface area contributed by atoms with Crippen molar-refractivity contribution in [2.24, 2.45) is 0 Å². The molecule has 1 saturated carbocycles. The van der Waals surface area contributed by atoms with E-state index in [9.17, 15) is 4.79 Å². The number of rotatable bonds is 7. The van der Waals surface area contributed by atoms with Gasteiger partial charge in [0, 0.05) is 48.4 Å². The van der Waals surface area contributed by atoms with Crippen LogP contribution in [0.2, 0.25) is 0 Å². The number of hydrogen-bond acceptors (Lipinski definition) is 6. The lowest BCUT2D eigenvalue weighted by molar-refractivity contribution is 0.200. The first-order valence-electron chi connectivity index (χ1n) is 12.5. The molecule has 3 aliphatic rings. The van der Waals surface area contributed by atoms with Gasteiger partial charge in [-0.25, -0.2) is 9.78 Å². The number of aromatic nitrogens is 1. The van der Waals surface area contributed by atoms with E-state index in [1.807, 2.05) is 24.3 Å². The first kappa shape index (κ1) is 23.3. The van der Waals surface area contributed by atoms with Crippen LogP contribution in [0.5, 0.6) is 5.88 Å². The van der Waals surface area contributed by atoms with Gasteiger partial charge >= 0.3 is 6.03 Å². The second-order valence-corrected chi connectivity index (χ2v) is 10.8. The van der Waals surface area contributed by atoms with Crippen LogP contribution >= 0.6 is 11.8 Å². The van der Waals surface area contributed by atoms with Crippen LogP contribution in [0.15, 0.2) is 42.6 Å². The van der Waals surface area contributed by atoms with Gasteiger partial charge in [0.15, 0.2) is 0 Å². The van der Waals surface area contributed by atoms with Crippen LogP contribution in [0, 0.1) is 0 Å². The first-order valence-corrected chi connectivity index (χ1v) is 13.6. The number of nitrogens with zero attached hydrogens (tertiary/aromatic N) is 3. The molecule has 1 aliphatic carbocycles. The number of nitrogens with one attached hydrogen (secondary N) is 2. The molecule has 182 valence electrons. The van der Waals surface area contributed by atoms with Gasteiger partial charge in [0.25, 0.3) is 0 Å². The van der Waals surface area contributed by atoms with E-state index in [4.69, 9.17) is 4.74 Å². The Balaban J connectivity index is 1.09. The van der Waals surface area contributed by atoms with E-state index >= 15 is 0 Å². The molecule has 2 N–H and O–H groups in total.